The number of halogens is 2. The lowest BCUT2D eigenvalue weighted by Gasteiger charge is -2.18. The van der Waals surface area contributed by atoms with E-state index in [9.17, 15) is 0 Å². The van der Waals surface area contributed by atoms with Gasteiger partial charge in [-0.3, -0.25) is 0 Å². The van der Waals surface area contributed by atoms with Gasteiger partial charge in [0, 0.05) is 27.3 Å². The minimum Gasteiger partial charge on any atom is -0.310 e. The van der Waals surface area contributed by atoms with E-state index in [0.717, 1.165) is 33.2 Å². The minimum absolute atomic E-state index is 0.237. The van der Waals surface area contributed by atoms with E-state index in [2.05, 4.69) is 44.6 Å². The molecule has 2 aromatic rings. The van der Waals surface area contributed by atoms with Gasteiger partial charge < -0.3 is 5.32 Å². The maximum Gasteiger partial charge on any atom is 0.0897 e. The standard InChI is InChI=1S/C14H16BrClN2S/c1-3-17-14(7-13-8-19-9(2)18-13)10-4-11(15)6-12(16)5-10/h4-6,8,14,17H,3,7H2,1-2H3. The summed E-state index contributed by atoms with van der Waals surface area (Å²) < 4.78 is 1.01. The second-order valence-corrected chi connectivity index (χ2v) is 6.79. The topological polar surface area (TPSA) is 24.9 Å². The van der Waals surface area contributed by atoms with E-state index in [1.165, 1.54) is 5.56 Å². The van der Waals surface area contributed by atoms with Crippen LogP contribution in [-0.4, -0.2) is 11.5 Å². The molecule has 0 saturated carbocycles. The highest BCUT2D eigenvalue weighted by molar-refractivity contribution is 9.10. The molecule has 0 radical (unpaired) electrons. The number of rotatable bonds is 5. The van der Waals surface area contributed by atoms with Crippen molar-refractivity contribution in [2.75, 3.05) is 6.54 Å². The molecule has 0 spiro atoms. The Labute approximate surface area is 131 Å². The molecule has 102 valence electrons. The zero-order valence-electron chi connectivity index (χ0n) is 10.9. The molecule has 0 fully saturated rings. The van der Waals surface area contributed by atoms with Crippen LogP contribution in [0.4, 0.5) is 0 Å². The van der Waals surface area contributed by atoms with E-state index in [1.807, 2.05) is 19.1 Å². The molecule has 0 amide bonds. The Hall–Kier alpha value is -0.420. The van der Waals surface area contributed by atoms with Crippen LogP contribution in [0.15, 0.2) is 28.1 Å². The molecule has 0 aliphatic rings. The molecule has 5 heteroatoms. The molecule has 2 nitrogen and oxygen atoms in total. The Morgan fingerprint density at radius 1 is 1.42 bits per heavy atom. The van der Waals surface area contributed by atoms with E-state index in [1.54, 1.807) is 11.3 Å². The third-order valence-corrected chi connectivity index (χ3v) is 4.32. The van der Waals surface area contributed by atoms with Crippen molar-refractivity contribution in [1.29, 1.82) is 0 Å². The van der Waals surface area contributed by atoms with Gasteiger partial charge in [0.05, 0.1) is 10.7 Å². The average molecular weight is 360 g/mol. The molecule has 0 bridgehead atoms. The molecule has 19 heavy (non-hydrogen) atoms. The Morgan fingerprint density at radius 3 is 2.79 bits per heavy atom. The van der Waals surface area contributed by atoms with Crippen molar-refractivity contribution in [3.63, 3.8) is 0 Å². The van der Waals surface area contributed by atoms with Crippen molar-refractivity contribution >= 4 is 38.9 Å². The number of thiazole rings is 1. The van der Waals surface area contributed by atoms with Gasteiger partial charge in [0.2, 0.25) is 0 Å². The molecule has 1 unspecified atom stereocenters. The second kappa shape index (κ2) is 6.84. The van der Waals surface area contributed by atoms with Gasteiger partial charge in [-0.05, 0) is 37.2 Å². The highest BCUT2D eigenvalue weighted by Crippen LogP contribution is 2.26. The molecule has 1 aromatic carbocycles. The van der Waals surface area contributed by atoms with Crippen molar-refractivity contribution in [3.05, 3.63) is 49.3 Å². The first-order valence-corrected chi connectivity index (χ1v) is 8.24. The molecule has 1 heterocycles. The quantitative estimate of drug-likeness (QED) is 0.832. The molecular weight excluding hydrogens is 344 g/mol. The van der Waals surface area contributed by atoms with Gasteiger partial charge in [0.25, 0.3) is 0 Å². The van der Waals surface area contributed by atoms with Crippen LogP contribution in [0.3, 0.4) is 0 Å². The summed E-state index contributed by atoms with van der Waals surface area (Å²) in [5, 5.41) is 7.48. The van der Waals surface area contributed by atoms with Crippen LogP contribution in [0.2, 0.25) is 5.02 Å². The zero-order chi connectivity index (χ0) is 13.8. The summed E-state index contributed by atoms with van der Waals surface area (Å²) in [6, 6.07) is 6.26. The summed E-state index contributed by atoms with van der Waals surface area (Å²) >= 11 is 11.3. The van der Waals surface area contributed by atoms with E-state index < -0.39 is 0 Å². The predicted molar refractivity (Wildman–Crippen MR) is 86.1 cm³/mol. The number of likely N-dealkylation sites (N-methyl/N-ethyl adjacent to an activating group) is 1. The minimum atomic E-state index is 0.237. The molecule has 0 saturated heterocycles. The second-order valence-electron chi connectivity index (χ2n) is 4.38. The maximum atomic E-state index is 6.13. The predicted octanol–water partition coefficient (Wildman–Crippen LogP) is 4.76. The highest BCUT2D eigenvalue weighted by atomic mass is 79.9. The molecule has 1 atom stereocenters. The Kier molecular flexibility index (Phi) is 5.39. The molecule has 2 rings (SSSR count). The monoisotopic (exact) mass is 358 g/mol. The molecular formula is C14H16BrClN2S. The van der Waals surface area contributed by atoms with Gasteiger partial charge in [0.1, 0.15) is 0 Å². The number of aromatic nitrogens is 1. The van der Waals surface area contributed by atoms with Crippen LogP contribution in [0.25, 0.3) is 0 Å². The highest BCUT2D eigenvalue weighted by Gasteiger charge is 2.14. The fourth-order valence-electron chi connectivity index (χ4n) is 2.04. The number of nitrogens with one attached hydrogen (secondary N) is 1. The number of hydrogen-bond donors (Lipinski definition) is 1. The van der Waals surface area contributed by atoms with Crippen LogP contribution in [0, 0.1) is 6.92 Å². The maximum absolute atomic E-state index is 6.13. The first-order chi connectivity index (χ1) is 9.08. The van der Waals surface area contributed by atoms with Crippen molar-refractivity contribution in [2.24, 2.45) is 0 Å². The van der Waals surface area contributed by atoms with E-state index in [4.69, 9.17) is 11.6 Å². The van der Waals surface area contributed by atoms with Crippen LogP contribution < -0.4 is 5.32 Å². The van der Waals surface area contributed by atoms with E-state index in [0.29, 0.717) is 0 Å². The van der Waals surface area contributed by atoms with Crippen molar-refractivity contribution in [3.8, 4) is 0 Å². The Morgan fingerprint density at radius 2 is 2.21 bits per heavy atom. The summed E-state index contributed by atoms with van der Waals surface area (Å²) in [5.74, 6) is 0. The van der Waals surface area contributed by atoms with E-state index >= 15 is 0 Å². The number of benzene rings is 1. The van der Waals surface area contributed by atoms with Crippen molar-refractivity contribution in [1.82, 2.24) is 10.3 Å². The van der Waals surface area contributed by atoms with Gasteiger partial charge in [-0.2, -0.15) is 0 Å². The lowest BCUT2D eigenvalue weighted by molar-refractivity contribution is 0.545. The van der Waals surface area contributed by atoms with Gasteiger partial charge in [-0.25, -0.2) is 4.98 Å². The number of hydrogen-bond acceptors (Lipinski definition) is 3. The fraction of sp³-hybridized carbons (Fsp3) is 0.357. The van der Waals surface area contributed by atoms with E-state index in [-0.39, 0.29) is 6.04 Å². The van der Waals surface area contributed by atoms with Gasteiger partial charge in [-0.15, -0.1) is 11.3 Å². The number of nitrogens with zero attached hydrogens (tertiary/aromatic N) is 1. The van der Waals surface area contributed by atoms with Crippen LogP contribution in [0.5, 0.6) is 0 Å². The van der Waals surface area contributed by atoms with Crippen LogP contribution >= 0.6 is 38.9 Å². The third kappa shape index (κ3) is 4.28. The van der Waals surface area contributed by atoms with Crippen molar-refractivity contribution < 1.29 is 0 Å². The number of aryl methyl sites for hydroxylation is 1. The smallest absolute Gasteiger partial charge is 0.0897 e. The summed E-state index contributed by atoms with van der Waals surface area (Å²) in [7, 11) is 0. The molecule has 0 aliphatic carbocycles. The first kappa shape index (κ1) is 15.0. The molecule has 0 aliphatic heterocycles. The summed E-state index contributed by atoms with van der Waals surface area (Å²) in [5.41, 5.74) is 2.32. The fourth-order valence-corrected chi connectivity index (χ4v) is 3.55. The molecule has 1 N–H and O–H groups in total. The third-order valence-electron chi connectivity index (χ3n) is 2.82. The first-order valence-electron chi connectivity index (χ1n) is 6.19. The SMILES string of the molecule is CCNC(Cc1csc(C)n1)c1cc(Cl)cc(Br)c1. The summed E-state index contributed by atoms with van der Waals surface area (Å²) in [6.07, 6.45) is 0.880. The van der Waals surface area contributed by atoms with Crippen LogP contribution in [0.1, 0.15) is 29.2 Å². The lowest BCUT2D eigenvalue weighted by atomic mass is 10.0. The van der Waals surface area contributed by atoms with Gasteiger partial charge in [-0.1, -0.05) is 34.5 Å². The normalized spacial score (nSPS) is 12.6. The zero-order valence-corrected chi connectivity index (χ0v) is 14.1. The summed E-state index contributed by atoms with van der Waals surface area (Å²) in [4.78, 5) is 4.54. The molecule has 1 aromatic heterocycles. The van der Waals surface area contributed by atoms with Gasteiger partial charge in [0.15, 0.2) is 0 Å². The van der Waals surface area contributed by atoms with Gasteiger partial charge >= 0.3 is 0 Å². The Balaban J connectivity index is 2.23. The van der Waals surface area contributed by atoms with Crippen LogP contribution in [-0.2, 0) is 6.42 Å². The lowest BCUT2D eigenvalue weighted by Crippen LogP contribution is -2.23. The summed E-state index contributed by atoms with van der Waals surface area (Å²) in [6.45, 7) is 5.06. The average Bonchev–Trinajstić information content (AvgIpc) is 2.73. The Bertz CT molecular complexity index is 536. The van der Waals surface area contributed by atoms with Crippen molar-refractivity contribution in [2.45, 2.75) is 26.3 Å². The largest absolute Gasteiger partial charge is 0.310 e.